The summed E-state index contributed by atoms with van der Waals surface area (Å²) in [5, 5.41) is 3.67. The molecule has 0 radical (unpaired) electrons. The van der Waals surface area contributed by atoms with Crippen molar-refractivity contribution >= 4 is 22.7 Å². The van der Waals surface area contributed by atoms with Crippen LogP contribution in [-0.2, 0) is 0 Å². The van der Waals surface area contributed by atoms with Gasteiger partial charge in [0.1, 0.15) is 16.9 Å². The van der Waals surface area contributed by atoms with Crippen LogP contribution in [0.1, 0.15) is 85.3 Å². The number of carbonyl (C=O) groups is 2. The van der Waals surface area contributed by atoms with Crippen molar-refractivity contribution in [1.82, 2.24) is 5.32 Å². The highest BCUT2D eigenvalue weighted by Crippen LogP contribution is 2.41. The Morgan fingerprint density at radius 3 is 2.83 bits per heavy atom. The van der Waals surface area contributed by atoms with E-state index in [1.807, 2.05) is 20.8 Å². The molecule has 1 amide bonds. The number of nitrogens with one attached hydrogen (secondary N) is 1. The van der Waals surface area contributed by atoms with Gasteiger partial charge in [-0.1, -0.05) is 18.6 Å². The molecular weight excluding hydrogens is 366 g/mol. The number of carbonyl (C=O) groups excluding carboxylic acids is 2. The lowest BCUT2D eigenvalue weighted by Crippen LogP contribution is -2.38. The summed E-state index contributed by atoms with van der Waals surface area (Å²) in [5.41, 5.74) is 2.74. The van der Waals surface area contributed by atoms with E-state index >= 15 is 0 Å². The van der Waals surface area contributed by atoms with E-state index in [1.165, 1.54) is 18.4 Å². The third kappa shape index (κ3) is 3.70. The number of fused-ring (bicyclic) bond motifs is 3. The third-order valence-corrected chi connectivity index (χ3v) is 6.30. The normalized spacial score (nSPS) is 21.5. The molecule has 2 heterocycles. The van der Waals surface area contributed by atoms with E-state index in [4.69, 9.17) is 9.15 Å². The average molecular weight is 395 g/mol. The lowest BCUT2D eigenvalue weighted by atomic mass is 9.87. The molecule has 0 bridgehead atoms. The maximum absolute atomic E-state index is 12.9. The van der Waals surface area contributed by atoms with Gasteiger partial charge in [-0.3, -0.25) is 9.59 Å². The van der Waals surface area contributed by atoms with Gasteiger partial charge in [0.15, 0.2) is 11.5 Å². The van der Waals surface area contributed by atoms with Crippen molar-refractivity contribution in [3.63, 3.8) is 0 Å². The van der Waals surface area contributed by atoms with Gasteiger partial charge >= 0.3 is 0 Å². The second kappa shape index (κ2) is 7.69. The zero-order valence-corrected chi connectivity index (χ0v) is 17.5. The number of hydrogen-bond acceptors (Lipinski definition) is 4. The van der Waals surface area contributed by atoms with Crippen molar-refractivity contribution < 1.29 is 18.7 Å². The number of ether oxygens (including phenoxy) is 1. The topological polar surface area (TPSA) is 68.5 Å². The number of allylic oxidation sites excluding steroid dienone is 1. The molecule has 1 atom stereocenters. The van der Waals surface area contributed by atoms with E-state index in [0.717, 1.165) is 25.7 Å². The lowest BCUT2D eigenvalue weighted by Gasteiger charge is -2.34. The van der Waals surface area contributed by atoms with Gasteiger partial charge in [0.25, 0.3) is 5.91 Å². The molecule has 0 spiro atoms. The Bertz CT molecular complexity index is 1000. The molecule has 4 rings (SSSR count). The molecule has 0 saturated carbocycles. The van der Waals surface area contributed by atoms with E-state index in [9.17, 15) is 9.59 Å². The Morgan fingerprint density at radius 1 is 1.28 bits per heavy atom. The minimum absolute atomic E-state index is 0.0429. The fraction of sp³-hybridized carbons (Fsp3) is 0.500. The Kier molecular flexibility index (Phi) is 5.24. The van der Waals surface area contributed by atoms with E-state index in [-0.39, 0.29) is 17.5 Å². The molecule has 2 aromatic rings. The first-order valence-corrected chi connectivity index (χ1v) is 10.7. The summed E-state index contributed by atoms with van der Waals surface area (Å²) in [7, 11) is 0. The van der Waals surface area contributed by atoms with Crippen LogP contribution < -0.4 is 10.1 Å². The molecule has 1 aromatic carbocycles. The first-order chi connectivity index (χ1) is 13.9. The Morgan fingerprint density at radius 2 is 2.10 bits per heavy atom. The molecule has 1 aromatic heterocycles. The Hall–Kier alpha value is -2.56. The van der Waals surface area contributed by atoms with Crippen molar-refractivity contribution in [3.8, 4) is 5.75 Å². The van der Waals surface area contributed by atoms with E-state index in [2.05, 4.69) is 11.4 Å². The molecule has 29 heavy (non-hydrogen) atoms. The number of furan rings is 1. The van der Waals surface area contributed by atoms with Gasteiger partial charge in [0.2, 0.25) is 0 Å². The maximum Gasteiger partial charge on any atom is 0.287 e. The molecule has 2 aliphatic rings. The van der Waals surface area contributed by atoms with Gasteiger partial charge < -0.3 is 14.5 Å². The maximum atomic E-state index is 12.9. The molecule has 0 saturated heterocycles. The standard InChI is InChI=1S/C24H29NO4/c1-4-24(3)14-17(26)21-19(29-24)11-10-18-20(21)15(2)22(28-18)23(27)25-13-12-16-8-6-5-7-9-16/h8,10-11H,4-7,9,12-14H2,1-3H3,(H,25,27). The molecule has 5 nitrogen and oxygen atoms in total. The summed E-state index contributed by atoms with van der Waals surface area (Å²) < 4.78 is 12.0. The van der Waals surface area contributed by atoms with Crippen LogP contribution in [0.2, 0.25) is 0 Å². The van der Waals surface area contributed by atoms with Crippen molar-refractivity contribution in [2.24, 2.45) is 0 Å². The molecular formula is C24H29NO4. The summed E-state index contributed by atoms with van der Waals surface area (Å²) in [5.74, 6) is 0.675. The number of Topliss-reactive ketones (excluding diaryl/α,β-unsaturated/α-hetero) is 1. The summed E-state index contributed by atoms with van der Waals surface area (Å²) >= 11 is 0. The first-order valence-electron chi connectivity index (χ1n) is 10.7. The highest BCUT2D eigenvalue weighted by atomic mass is 16.5. The van der Waals surface area contributed by atoms with Crippen LogP contribution in [0.4, 0.5) is 0 Å². The van der Waals surface area contributed by atoms with Crippen LogP contribution in [0.15, 0.2) is 28.2 Å². The predicted molar refractivity (Wildman–Crippen MR) is 113 cm³/mol. The molecule has 5 heteroatoms. The van der Waals surface area contributed by atoms with Crippen molar-refractivity contribution in [1.29, 1.82) is 0 Å². The molecule has 154 valence electrons. The smallest absolute Gasteiger partial charge is 0.287 e. The van der Waals surface area contributed by atoms with E-state index in [0.29, 0.717) is 40.8 Å². The van der Waals surface area contributed by atoms with Crippen LogP contribution in [0.25, 0.3) is 11.0 Å². The van der Waals surface area contributed by atoms with Crippen molar-refractivity contribution in [3.05, 3.63) is 40.7 Å². The second-order valence-electron chi connectivity index (χ2n) is 8.49. The van der Waals surface area contributed by atoms with Gasteiger partial charge in [-0.05, 0) is 64.5 Å². The predicted octanol–water partition coefficient (Wildman–Crippen LogP) is 5.50. The van der Waals surface area contributed by atoms with Crippen LogP contribution in [0, 0.1) is 6.92 Å². The first kappa shape index (κ1) is 19.7. The number of hydrogen-bond donors (Lipinski definition) is 1. The fourth-order valence-electron chi connectivity index (χ4n) is 4.38. The average Bonchev–Trinajstić information content (AvgIpc) is 3.05. The van der Waals surface area contributed by atoms with Gasteiger partial charge in [0.05, 0.1) is 12.0 Å². The number of aryl methyl sites for hydroxylation is 1. The summed E-state index contributed by atoms with van der Waals surface area (Å²) in [6, 6.07) is 3.57. The van der Waals surface area contributed by atoms with Crippen molar-refractivity contribution in [2.75, 3.05) is 6.54 Å². The second-order valence-corrected chi connectivity index (χ2v) is 8.49. The van der Waals surface area contributed by atoms with E-state index < -0.39 is 5.60 Å². The number of amides is 1. The van der Waals surface area contributed by atoms with Crippen LogP contribution in [0.3, 0.4) is 0 Å². The Balaban J connectivity index is 1.58. The minimum Gasteiger partial charge on any atom is -0.486 e. The molecule has 0 fully saturated rings. The van der Waals surface area contributed by atoms with Crippen LogP contribution >= 0.6 is 0 Å². The number of rotatable bonds is 5. The van der Waals surface area contributed by atoms with Gasteiger partial charge in [-0.25, -0.2) is 0 Å². The minimum atomic E-state index is -0.483. The quantitative estimate of drug-likeness (QED) is 0.679. The van der Waals surface area contributed by atoms with Gasteiger partial charge in [-0.2, -0.15) is 0 Å². The monoisotopic (exact) mass is 395 g/mol. The van der Waals surface area contributed by atoms with Crippen LogP contribution in [-0.4, -0.2) is 23.8 Å². The van der Waals surface area contributed by atoms with Gasteiger partial charge in [0, 0.05) is 17.5 Å². The fourth-order valence-corrected chi connectivity index (χ4v) is 4.38. The van der Waals surface area contributed by atoms with Gasteiger partial charge in [-0.15, -0.1) is 0 Å². The number of benzene rings is 1. The van der Waals surface area contributed by atoms with E-state index in [1.54, 1.807) is 12.1 Å². The lowest BCUT2D eigenvalue weighted by molar-refractivity contribution is 0.0503. The summed E-state index contributed by atoms with van der Waals surface area (Å²) in [6.07, 6.45) is 9.03. The molecule has 1 unspecified atom stereocenters. The van der Waals surface area contributed by atoms with Crippen molar-refractivity contribution in [2.45, 2.75) is 71.3 Å². The summed E-state index contributed by atoms with van der Waals surface area (Å²) in [6.45, 7) is 6.41. The molecule has 1 aliphatic heterocycles. The highest BCUT2D eigenvalue weighted by molar-refractivity contribution is 6.13. The summed E-state index contributed by atoms with van der Waals surface area (Å²) in [4.78, 5) is 25.7. The third-order valence-electron chi connectivity index (χ3n) is 6.30. The largest absolute Gasteiger partial charge is 0.486 e. The highest BCUT2D eigenvalue weighted by Gasteiger charge is 2.37. The zero-order chi connectivity index (χ0) is 20.6. The number of ketones is 1. The molecule has 1 N–H and O–H groups in total. The van der Waals surface area contributed by atoms with Crippen LogP contribution in [0.5, 0.6) is 5.75 Å². The molecule has 1 aliphatic carbocycles. The zero-order valence-electron chi connectivity index (χ0n) is 17.5. The SMILES string of the molecule is CCC1(C)CC(=O)c2c(ccc3oc(C(=O)NCCC4=CCCCC4)c(C)c23)O1. The Labute approximate surface area is 171 Å².